The molecule has 276 valence electrons. The smallest absolute Gasteiger partial charge is 0.316 e. The topological polar surface area (TPSA) is 207 Å². The lowest BCUT2D eigenvalue weighted by Crippen LogP contribution is -2.27. The standard InChI is InChI=1S/C17H14Cl2N4O3.C12H6Cl2N4O2.C5H9ClO/c1-17(2,3)16(25)26-12-10(8-4-5-9(18)22-13(8)19)15(24)23-14-11(12)20-6-7-21-14;13-6-2-1-5(10(14)17-6)7-9(19)8-11(18-12(7)20)16-4-3-15-8;1-5(2,3)4(6)7/h4-7H,1-3H3,(H,21,23,24);1-4H,(H2,16,18,19,20);1-3H3. The molecule has 0 atom stereocenters. The molecule has 6 aromatic heterocycles. The lowest BCUT2D eigenvalue weighted by Gasteiger charge is -2.18. The van der Waals surface area contributed by atoms with Crippen LogP contribution in [-0.4, -0.2) is 56.2 Å². The summed E-state index contributed by atoms with van der Waals surface area (Å²) < 4.78 is 5.56. The van der Waals surface area contributed by atoms with Crippen molar-refractivity contribution in [2.75, 3.05) is 0 Å². The molecule has 0 aliphatic rings. The van der Waals surface area contributed by atoms with E-state index >= 15 is 0 Å². The van der Waals surface area contributed by atoms with Crippen molar-refractivity contribution in [1.82, 2.24) is 39.9 Å². The minimum Gasteiger partial charge on any atom is -0.505 e. The minimum atomic E-state index is -0.795. The molecule has 0 amide bonds. The zero-order valence-electron chi connectivity index (χ0n) is 28.7. The number of esters is 1. The predicted molar refractivity (Wildman–Crippen MR) is 204 cm³/mol. The van der Waals surface area contributed by atoms with Gasteiger partial charge in [-0.2, -0.15) is 0 Å². The number of ether oxygens (including phenoxy) is 1. The number of hydrogen-bond acceptors (Lipinski definition) is 12. The molecule has 0 unspecified atom stereocenters. The second kappa shape index (κ2) is 16.5. The summed E-state index contributed by atoms with van der Waals surface area (Å²) in [6.45, 7) is 10.4. The quantitative estimate of drug-likeness (QED) is 0.0887. The Bertz CT molecular complexity index is 2480. The van der Waals surface area contributed by atoms with E-state index in [-0.39, 0.29) is 87.4 Å². The van der Waals surface area contributed by atoms with Gasteiger partial charge in [0.25, 0.3) is 11.1 Å². The number of nitrogens with zero attached hydrogens (tertiary/aromatic N) is 6. The van der Waals surface area contributed by atoms with Gasteiger partial charge in [-0.1, -0.05) is 67.2 Å². The number of carbonyl (C=O) groups excluding carboxylic acids is 2. The van der Waals surface area contributed by atoms with E-state index in [2.05, 4.69) is 39.9 Å². The van der Waals surface area contributed by atoms with Gasteiger partial charge in [-0.3, -0.25) is 19.2 Å². The van der Waals surface area contributed by atoms with Crippen LogP contribution in [0.15, 0.2) is 58.6 Å². The Labute approximate surface area is 325 Å². The number of aromatic nitrogens is 8. The van der Waals surface area contributed by atoms with Crippen molar-refractivity contribution in [2.24, 2.45) is 10.8 Å². The third-order valence-corrected chi connectivity index (χ3v) is 8.35. The summed E-state index contributed by atoms with van der Waals surface area (Å²) >= 11 is 28.8. The van der Waals surface area contributed by atoms with Gasteiger partial charge in [0, 0.05) is 41.3 Å². The Balaban J connectivity index is 0.000000205. The van der Waals surface area contributed by atoms with Crippen LogP contribution in [0.3, 0.4) is 0 Å². The van der Waals surface area contributed by atoms with Gasteiger partial charge in [-0.15, -0.1) is 0 Å². The molecule has 14 nitrogen and oxygen atoms in total. The Morgan fingerprint density at radius 3 is 1.53 bits per heavy atom. The van der Waals surface area contributed by atoms with Gasteiger partial charge in [0.1, 0.15) is 31.6 Å². The molecule has 6 rings (SSSR count). The Morgan fingerprint density at radius 2 is 1.08 bits per heavy atom. The third-order valence-electron chi connectivity index (χ3n) is 6.78. The van der Waals surface area contributed by atoms with Crippen LogP contribution in [-0.2, 0) is 9.59 Å². The van der Waals surface area contributed by atoms with Crippen LogP contribution in [0.4, 0.5) is 0 Å². The zero-order valence-corrected chi connectivity index (χ0v) is 32.5. The highest BCUT2D eigenvalue weighted by atomic mass is 35.5. The van der Waals surface area contributed by atoms with Crippen LogP contribution in [0, 0.1) is 10.8 Å². The molecular weight excluding hydrogens is 794 g/mol. The second-order valence-electron chi connectivity index (χ2n) is 13.0. The van der Waals surface area contributed by atoms with E-state index in [1.54, 1.807) is 41.5 Å². The molecule has 0 saturated heterocycles. The van der Waals surface area contributed by atoms with Crippen molar-refractivity contribution in [1.29, 1.82) is 0 Å². The zero-order chi connectivity index (χ0) is 39.4. The normalized spacial score (nSPS) is 11.3. The molecule has 3 N–H and O–H groups in total. The molecule has 0 aromatic carbocycles. The fraction of sp³-hybridized carbons (Fsp3) is 0.235. The molecule has 0 spiro atoms. The van der Waals surface area contributed by atoms with Crippen molar-refractivity contribution in [2.45, 2.75) is 41.5 Å². The maximum absolute atomic E-state index is 12.7. The molecule has 6 heterocycles. The van der Waals surface area contributed by atoms with Crippen molar-refractivity contribution in [3.05, 3.63) is 90.4 Å². The fourth-order valence-electron chi connectivity index (χ4n) is 4.02. The molecular formula is C34H29Cl5N8O6. The highest BCUT2D eigenvalue weighted by Gasteiger charge is 2.29. The molecule has 0 aliphatic heterocycles. The summed E-state index contributed by atoms with van der Waals surface area (Å²) in [6, 6.07) is 5.99. The van der Waals surface area contributed by atoms with E-state index in [0.717, 1.165) is 0 Å². The van der Waals surface area contributed by atoms with Gasteiger partial charge < -0.3 is 19.8 Å². The molecule has 19 heteroatoms. The maximum Gasteiger partial charge on any atom is 0.316 e. The van der Waals surface area contributed by atoms with Gasteiger partial charge in [-0.25, -0.2) is 29.9 Å². The number of halogens is 5. The summed E-state index contributed by atoms with van der Waals surface area (Å²) in [4.78, 5) is 76.6. The Kier molecular flexibility index (Phi) is 12.8. The number of aromatic hydroxyl groups is 1. The molecule has 0 aliphatic carbocycles. The monoisotopic (exact) mass is 820 g/mol. The highest BCUT2D eigenvalue weighted by molar-refractivity contribution is 6.64. The minimum absolute atomic E-state index is 0.000650. The first kappa shape index (κ1) is 41.0. The maximum atomic E-state index is 12.7. The first-order chi connectivity index (χ1) is 24.7. The molecule has 0 fully saturated rings. The molecule has 6 aromatic rings. The number of aromatic amines is 2. The van der Waals surface area contributed by atoms with E-state index in [1.165, 1.54) is 49.1 Å². The van der Waals surface area contributed by atoms with Crippen molar-refractivity contribution in [3.63, 3.8) is 0 Å². The summed E-state index contributed by atoms with van der Waals surface area (Å²) in [7, 11) is 0. The number of rotatable bonds is 3. The van der Waals surface area contributed by atoms with Crippen molar-refractivity contribution < 1.29 is 19.4 Å². The molecule has 0 saturated carbocycles. The largest absolute Gasteiger partial charge is 0.505 e. The van der Waals surface area contributed by atoms with Crippen LogP contribution < -0.4 is 15.9 Å². The van der Waals surface area contributed by atoms with E-state index in [9.17, 15) is 24.3 Å². The lowest BCUT2D eigenvalue weighted by molar-refractivity contribution is -0.142. The van der Waals surface area contributed by atoms with E-state index in [0.29, 0.717) is 0 Å². The van der Waals surface area contributed by atoms with Gasteiger partial charge >= 0.3 is 5.97 Å². The lowest BCUT2D eigenvalue weighted by atomic mass is 9.97. The Morgan fingerprint density at radius 1 is 0.660 bits per heavy atom. The average molecular weight is 823 g/mol. The first-order valence-corrected chi connectivity index (χ1v) is 17.1. The average Bonchev–Trinajstić information content (AvgIpc) is 3.06. The fourth-order valence-corrected chi connectivity index (χ4v) is 4.90. The Hall–Kier alpha value is -4.73. The summed E-state index contributed by atoms with van der Waals surface area (Å²) in [6.07, 6.45) is 5.67. The van der Waals surface area contributed by atoms with Gasteiger partial charge in [-0.05, 0) is 56.6 Å². The third kappa shape index (κ3) is 9.83. The van der Waals surface area contributed by atoms with Crippen molar-refractivity contribution in [3.8, 4) is 33.8 Å². The number of H-pyrrole nitrogens is 2. The van der Waals surface area contributed by atoms with Crippen LogP contribution in [0.2, 0.25) is 20.6 Å². The number of fused-ring (bicyclic) bond motifs is 2. The number of carbonyl (C=O) groups is 2. The van der Waals surface area contributed by atoms with Crippen LogP contribution in [0.1, 0.15) is 41.5 Å². The summed E-state index contributed by atoms with van der Waals surface area (Å²) in [5.41, 5.74) is -0.923. The summed E-state index contributed by atoms with van der Waals surface area (Å²) in [5.74, 6) is -0.861. The molecule has 53 heavy (non-hydrogen) atoms. The van der Waals surface area contributed by atoms with Gasteiger partial charge in [0.2, 0.25) is 5.24 Å². The summed E-state index contributed by atoms with van der Waals surface area (Å²) in [5, 5.41) is 10.3. The second-order valence-corrected chi connectivity index (χ2v) is 14.8. The van der Waals surface area contributed by atoms with E-state index in [4.69, 9.17) is 62.7 Å². The van der Waals surface area contributed by atoms with Gasteiger partial charge in [0.15, 0.2) is 22.8 Å². The van der Waals surface area contributed by atoms with E-state index in [1.807, 2.05) is 0 Å². The highest BCUT2D eigenvalue weighted by Crippen LogP contribution is 2.37. The molecule has 0 radical (unpaired) electrons. The number of hydrogen-bond donors (Lipinski definition) is 3. The SMILES string of the molecule is CC(C)(C)C(=O)Cl.CC(C)(C)C(=O)Oc1c(-c2ccc(Cl)nc2Cl)c(=O)[nH]c2nccnc12.O=c1[nH]c2nccnc2c(O)c1-c1ccc(Cl)nc1Cl. The number of pyridine rings is 4. The van der Waals surface area contributed by atoms with Gasteiger partial charge in [0.05, 0.1) is 16.5 Å². The first-order valence-electron chi connectivity index (χ1n) is 15.2. The van der Waals surface area contributed by atoms with E-state index < -0.39 is 22.5 Å². The van der Waals surface area contributed by atoms with Crippen molar-refractivity contribution >= 4 is 91.5 Å². The van der Waals surface area contributed by atoms with Crippen LogP contribution >= 0.6 is 58.0 Å². The van der Waals surface area contributed by atoms with Crippen LogP contribution in [0.5, 0.6) is 11.5 Å². The van der Waals surface area contributed by atoms with Crippen LogP contribution in [0.25, 0.3) is 44.6 Å². The number of nitrogens with one attached hydrogen (secondary N) is 2. The predicted octanol–water partition coefficient (Wildman–Crippen LogP) is 7.83. The molecule has 0 bridgehead atoms.